The first kappa shape index (κ1) is 24.0. The zero-order chi connectivity index (χ0) is 24.9. The number of para-hydroxylation sites is 1. The molecule has 0 spiro atoms. The van der Waals surface area contributed by atoms with Gasteiger partial charge in [0.1, 0.15) is 17.8 Å². The molecule has 9 nitrogen and oxygen atoms in total. The normalized spacial score (nSPS) is 16.2. The lowest BCUT2D eigenvalue weighted by atomic mass is 10.1. The summed E-state index contributed by atoms with van der Waals surface area (Å²) < 4.78 is 12.8. The fourth-order valence-corrected chi connectivity index (χ4v) is 4.57. The molecule has 4 aromatic rings. The highest BCUT2D eigenvalue weighted by Crippen LogP contribution is 2.27. The van der Waals surface area contributed by atoms with Gasteiger partial charge in [0.05, 0.1) is 17.9 Å². The lowest BCUT2D eigenvalue weighted by Crippen LogP contribution is -2.46. The molecule has 2 aromatic carbocycles. The molecule has 1 fully saturated rings. The van der Waals surface area contributed by atoms with Crippen LogP contribution in [0.4, 0.5) is 0 Å². The quantitative estimate of drug-likeness (QED) is 0.370. The van der Waals surface area contributed by atoms with Crippen LogP contribution in [0, 0.1) is 0 Å². The standard InChI is InChI=1S/C26H26ClN5O4/c27-20-9-2-1-7-18(20)16-31(24(33)17-32-22-11-4-3-10-21(22)29-30-32)25(23-12-6-14-36-23)26(34)28-15-19-8-5-13-35-19/h1-4,6-7,9-12,14,19,25H,5,8,13,15-17H2,(H,28,34)/t19-,25+/m0/s1. The minimum Gasteiger partial charge on any atom is -0.467 e. The van der Waals surface area contributed by atoms with Crippen LogP contribution in [0.2, 0.25) is 5.02 Å². The molecule has 2 atom stereocenters. The van der Waals surface area contributed by atoms with Crippen LogP contribution in [-0.4, -0.2) is 51.0 Å². The number of benzene rings is 2. The van der Waals surface area contributed by atoms with Crippen molar-refractivity contribution in [3.8, 4) is 0 Å². The number of hydrogen-bond acceptors (Lipinski definition) is 6. The van der Waals surface area contributed by atoms with Crippen molar-refractivity contribution in [3.05, 3.63) is 83.3 Å². The molecular formula is C26H26ClN5O4. The van der Waals surface area contributed by atoms with Crippen molar-refractivity contribution >= 4 is 34.4 Å². The van der Waals surface area contributed by atoms with Gasteiger partial charge >= 0.3 is 0 Å². The fraction of sp³-hybridized carbons (Fsp3) is 0.308. The number of hydrogen-bond donors (Lipinski definition) is 1. The fourth-order valence-electron chi connectivity index (χ4n) is 4.37. The van der Waals surface area contributed by atoms with Crippen molar-refractivity contribution in [3.63, 3.8) is 0 Å². The highest BCUT2D eigenvalue weighted by atomic mass is 35.5. The number of rotatable bonds is 9. The monoisotopic (exact) mass is 507 g/mol. The van der Waals surface area contributed by atoms with Crippen molar-refractivity contribution in [2.75, 3.05) is 13.2 Å². The van der Waals surface area contributed by atoms with Gasteiger partial charge in [0.25, 0.3) is 5.91 Å². The van der Waals surface area contributed by atoms with Crippen LogP contribution in [0.3, 0.4) is 0 Å². The molecule has 1 saturated heterocycles. The Morgan fingerprint density at radius 1 is 1.14 bits per heavy atom. The summed E-state index contributed by atoms with van der Waals surface area (Å²) in [6.07, 6.45) is 3.29. The van der Waals surface area contributed by atoms with Gasteiger partial charge in [0.2, 0.25) is 5.91 Å². The predicted octanol–water partition coefficient (Wildman–Crippen LogP) is 3.74. The predicted molar refractivity (Wildman–Crippen MR) is 133 cm³/mol. The van der Waals surface area contributed by atoms with Crippen molar-refractivity contribution in [1.29, 1.82) is 0 Å². The molecule has 0 saturated carbocycles. The molecule has 1 aliphatic heterocycles. The number of carbonyl (C=O) groups is 2. The third kappa shape index (κ3) is 5.27. The molecule has 1 N–H and O–H groups in total. The second-order valence-corrected chi connectivity index (χ2v) is 9.05. The molecule has 1 aliphatic rings. The van der Waals surface area contributed by atoms with Crippen LogP contribution in [0.1, 0.15) is 30.2 Å². The van der Waals surface area contributed by atoms with Crippen LogP contribution in [0.15, 0.2) is 71.3 Å². The summed E-state index contributed by atoms with van der Waals surface area (Å²) in [7, 11) is 0. The van der Waals surface area contributed by atoms with Gasteiger partial charge < -0.3 is 19.4 Å². The third-order valence-electron chi connectivity index (χ3n) is 6.22. The zero-order valence-corrected chi connectivity index (χ0v) is 20.3. The highest BCUT2D eigenvalue weighted by Gasteiger charge is 2.35. The van der Waals surface area contributed by atoms with Gasteiger partial charge in [-0.15, -0.1) is 5.10 Å². The van der Waals surface area contributed by atoms with E-state index in [0.29, 0.717) is 35.0 Å². The molecule has 36 heavy (non-hydrogen) atoms. The Bertz CT molecular complexity index is 1330. The average molecular weight is 508 g/mol. The molecule has 3 heterocycles. The number of ether oxygens (including phenoxy) is 1. The summed E-state index contributed by atoms with van der Waals surface area (Å²) in [6.45, 7) is 1.04. The largest absolute Gasteiger partial charge is 0.467 e. The second kappa shape index (κ2) is 10.9. The molecule has 2 aromatic heterocycles. The Kier molecular flexibility index (Phi) is 7.29. The first-order valence-corrected chi connectivity index (χ1v) is 12.2. The van der Waals surface area contributed by atoms with Crippen LogP contribution >= 0.6 is 11.6 Å². The van der Waals surface area contributed by atoms with E-state index in [2.05, 4.69) is 15.6 Å². The van der Waals surface area contributed by atoms with E-state index < -0.39 is 6.04 Å². The van der Waals surface area contributed by atoms with E-state index in [1.165, 1.54) is 15.8 Å². The van der Waals surface area contributed by atoms with E-state index in [1.54, 1.807) is 18.2 Å². The SMILES string of the molecule is O=C(NC[C@@H]1CCCO1)[C@@H](c1ccco1)N(Cc1ccccc1Cl)C(=O)Cn1nnc2ccccc21. The minimum atomic E-state index is -1.01. The summed E-state index contributed by atoms with van der Waals surface area (Å²) in [5, 5.41) is 11.7. The van der Waals surface area contributed by atoms with E-state index in [4.69, 9.17) is 20.8 Å². The number of aromatic nitrogens is 3. The molecule has 0 radical (unpaired) electrons. The van der Waals surface area contributed by atoms with E-state index in [9.17, 15) is 9.59 Å². The number of amides is 2. The minimum absolute atomic E-state index is 0.0413. The van der Waals surface area contributed by atoms with Gasteiger partial charge in [0.15, 0.2) is 6.04 Å². The Labute approximate surface area is 213 Å². The van der Waals surface area contributed by atoms with Crippen LogP contribution in [0.5, 0.6) is 0 Å². The average Bonchev–Trinajstić information content (AvgIpc) is 3.67. The summed E-state index contributed by atoms with van der Waals surface area (Å²) in [5.41, 5.74) is 2.11. The summed E-state index contributed by atoms with van der Waals surface area (Å²) in [4.78, 5) is 28.8. The lowest BCUT2D eigenvalue weighted by molar-refractivity contribution is -0.143. The molecular weight excluding hydrogens is 482 g/mol. The Morgan fingerprint density at radius 2 is 1.97 bits per heavy atom. The van der Waals surface area contributed by atoms with Gasteiger partial charge in [-0.3, -0.25) is 9.59 Å². The summed E-state index contributed by atoms with van der Waals surface area (Å²) >= 11 is 6.44. The molecule has 0 bridgehead atoms. The van der Waals surface area contributed by atoms with E-state index in [0.717, 1.165) is 18.4 Å². The number of furan rings is 1. The first-order valence-electron chi connectivity index (χ1n) is 11.8. The van der Waals surface area contributed by atoms with Gasteiger partial charge in [0, 0.05) is 24.7 Å². The molecule has 0 aliphatic carbocycles. The van der Waals surface area contributed by atoms with Gasteiger partial charge in [-0.25, -0.2) is 4.68 Å². The molecule has 0 unspecified atom stereocenters. The number of fused-ring (bicyclic) bond motifs is 1. The topological polar surface area (TPSA) is 102 Å². The Balaban J connectivity index is 1.47. The summed E-state index contributed by atoms with van der Waals surface area (Å²) in [6, 6.07) is 17.0. The van der Waals surface area contributed by atoms with Gasteiger partial charge in [-0.2, -0.15) is 0 Å². The molecule has 10 heteroatoms. The number of nitrogens with zero attached hydrogens (tertiary/aromatic N) is 4. The molecule has 2 amide bonds. The van der Waals surface area contributed by atoms with Crippen molar-refractivity contribution in [2.45, 2.75) is 38.1 Å². The van der Waals surface area contributed by atoms with Gasteiger partial charge in [-0.1, -0.05) is 47.1 Å². The summed E-state index contributed by atoms with van der Waals surface area (Å²) in [5.74, 6) is -0.341. The first-order chi connectivity index (χ1) is 17.6. The highest BCUT2D eigenvalue weighted by molar-refractivity contribution is 6.31. The van der Waals surface area contributed by atoms with E-state index in [-0.39, 0.29) is 31.0 Å². The van der Waals surface area contributed by atoms with Crippen LogP contribution in [-0.2, 0) is 27.4 Å². The Hall–Kier alpha value is -3.69. The Morgan fingerprint density at radius 3 is 2.75 bits per heavy atom. The van der Waals surface area contributed by atoms with Crippen molar-refractivity contribution in [1.82, 2.24) is 25.2 Å². The maximum Gasteiger partial charge on any atom is 0.250 e. The molecule has 186 valence electrons. The third-order valence-corrected chi connectivity index (χ3v) is 6.59. The van der Waals surface area contributed by atoms with Gasteiger partial charge in [-0.05, 0) is 48.7 Å². The number of nitrogens with one attached hydrogen (secondary N) is 1. The van der Waals surface area contributed by atoms with E-state index >= 15 is 0 Å². The van der Waals surface area contributed by atoms with E-state index in [1.807, 2.05) is 42.5 Å². The second-order valence-electron chi connectivity index (χ2n) is 8.65. The maximum atomic E-state index is 13.8. The van der Waals surface area contributed by atoms with Crippen LogP contribution < -0.4 is 5.32 Å². The molecule has 5 rings (SSSR count). The zero-order valence-electron chi connectivity index (χ0n) is 19.5. The van der Waals surface area contributed by atoms with Crippen molar-refractivity contribution in [2.24, 2.45) is 0 Å². The lowest BCUT2D eigenvalue weighted by Gasteiger charge is -2.30. The van der Waals surface area contributed by atoms with Crippen molar-refractivity contribution < 1.29 is 18.7 Å². The van der Waals surface area contributed by atoms with Crippen LogP contribution in [0.25, 0.3) is 11.0 Å². The number of halogens is 1. The smallest absolute Gasteiger partial charge is 0.250 e. The number of carbonyl (C=O) groups excluding carboxylic acids is 2. The maximum absolute atomic E-state index is 13.8.